The van der Waals surface area contributed by atoms with Crippen LogP contribution in [0, 0.1) is 0 Å². The number of carbonyl (C=O) groups is 1. The predicted octanol–water partition coefficient (Wildman–Crippen LogP) is 6.34. The van der Waals surface area contributed by atoms with Crippen LogP contribution >= 0.6 is 11.6 Å². The molecule has 246 valence electrons. The van der Waals surface area contributed by atoms with E-state index in [4.69, 9.17) is 26.1 Å². The van der Waals surface area contributed by atoms with E-state index in [9.17, 15) is 9.59 Å². The van der Waals surface area contributed by atoms with E-state index in [2.05, 4.69) is 39.8 Å². The third-order valence-corrected chi connectivity index (χ3v) is 10.9. The second-order valence-corrected chi connectivity index (χ2v) is 20.8. The number of anilines is 1. The third kappa shape index (κ3) is 6.52. The van der Waals surface area contributed by atoms with Crippen LogP contribution in [0.4, 0.5) is 10.7 Å². The highest BCUT2D eigenvalue weighted by Gasteiger charge is 2.43. The van der Waals surface area contributed by atoms with Gasteiger partial charge in [-0.05, 0) is 58.6 Å². The molecule has 6 rings (SSSR count). The fourth-order valence-electron chi connectivity index (χ4n) is 6.69. The van der Waals surface area contributed by atoms with Gasteiger partial charge in [-0.1, -0.05) is 37.3 Å². The number of hydrogen-bond acceptors (Lipinski definition) is 8. The Bertz CT molecular complexity index is 1830. The lowest BCUT2D eigenvalue weighted by atomic mass is 9.98. The quantitative estimate of drug-likeness (QED) is 0.171. The molecule has 2 aliphatic heterocycles. The Morgan fingerprint density at radius 3 is 2.46 bits per heavy atom. The number of amides is 1. The molecule has 13 heteroatoms. The molecule has 2 bridgehead atoms. The zero-order valence-electron chi connectivity index (χ0n) is 27.8. The van der Waals surface area contributed by atoms with E-state index in [0.717, 1.165) is 31.7 Å². The number of ether oxygens (including phenoxy) is 2. The van der Waals surface area contributed by atoms with Crippen molar-refractivity contribution in [2.75, 3.05) is 11.5 Å². The topological polar surface area (TPSA) is 116 Å². The van der Waals surface area contributed by atoms with Gasteiger partial charge >= 0.3 is 6.09 Å². The second-order valence-electron chi connectivity index (χ2n) is 14.8. The van der Waals surface area contributed by atoms with Gasteiger partial charge in [-0.15, -0.1) is 0 Å². The molecule has 1 amide bonds. The van der Waals surface area contributed by atoms with Gasteiger partial charge < -0.3 is 24.3 Å². The Balaban J connectivity index is 1.38. The first-order valence-electron chi connectivity index (χ1n) is 16.1. The maximum atomic E-state index is 14.3. The molecule has 3 aromatic heterocycles. The average molecular weight is 666 g/mol. The van der Waals surface area contributed by atoms with E-state index in [-0.39, 0.29) is 30.4 Å². The Kier molecular flexibility index (Phi) is 8.66. The van der Waals surface area contributed by atoms with Crippen LogP contribution in [0.2, 0.25) is 30.7 Å². The van der Waals surface area contributed by atoms with Crippen molar-refractivity contribution in [1.29, 1.82) is 0 Å². The number of hydrogen-bond donors (Lipinski definition) is 1. The Morgan fingerprint density at radius 2 is 1.78 bits per heavy atom. The van der Waals surface area contributed by atoms with Crippen molar-refractivity contribution in [3.8, 4) is 11.1 Å². The van der Waals surface area contributed by atoms with Crippen LogP contribution in [0.25, 0.3) is 33.2 Å². The number of fused-ring (bicyclic) bond motifs is 4. The van der Waals surface area contributed by atoms with Crippen LogP contribution in [0.1, 0.15) is 46.5 Å². The normalized spacial score (nSPS) is 20.1. The van der Waals surface area contributed by atoms with Gasteiger partial charge in [0.2, 0.25) is 5.95 Å². The number of halogens is 1. The van der Waals surface area contributed by atoms with Crippen LogP contribution in [-0.4, -0.2) is 68.6 Å². The number of aromatic nitrogens is 5. The summed E-state index contributed by atoms with van der Waals surface area (Å²) in [6, 6.07) is 5.07. The second kappa shape index (κ2) is 12.3. The van der Waals surface area contributed by atoms with E-state index in [1.54, 1.807) is 24.0 Å². The molecule has 0 spiro atoms. The first-order valence-corrected chi connectivity index (χ1v) is 20.1. The molecular formula is C33H44ClN7O4Si. The Labute approximate surface area is 275 Å². The number of benzene rings is 1. The molecule has 1 N–H and O–H groups in total. The first kappa shape index (κ1) is 32.5. The van der Waals surface area contributed by atoms with E-state index >= 15 is 0 Å². The molecule has 1 aromatic carbocycles. The number of nitrogens with one attached hydrogen (secondary N) is 1. The van der Waals surface area contributed by atoms with Crippen LogP contribution in [0.5, 0.6) is 0 Å². The van der Waals surface area contributed by atoms with Crippen LogP contribution < -0.4 is 15.8 Å². The van der Waals surface area contributed by atoms with Gasteiger partial charge in [0, 0.05) is 69.6 Å². The van der Waals surface area contributed by atoms with Gasteiger partial charge in [-0.3, -0.25) is 19.3 Å². The fraction of sp³-hybridized carbons (Fsp3) is 0.545. The Hall–Kier alpha value is -3.48. The maximum absolute atomic E-state index is 14.3. The predicted molar refractivity (Wildman–Crippen MR) is 184 cm³/mol. The van der Waals surface area contributed by atoms with Gasteiger partial charge in [0.05, 0.1) is 15.9 Å². The largest absolute Gasteiger partial charge is 0.444 e. The van der Waals surface area contributed by atoms with Crippen molar-refractivity contribution in [2.24, 2.45) is 7.05 Å². The zero-order valence-corrected chi connectivity index (χ0v) is 29.5. The van der Waals surface area contributed by atoms with Crippen LogP contribution in [0.3, 0.4) is 0 Å². The van der Waals surface area contributed by atoms with Crippen molar-refractivity contribution in [3.63, 3.8) is 0 Å². The molecule has 11 nitrogen and oxygen atoms in total. The summed E-state index contributed by atoms with van der Waals surface area (Å²) in [7, 11) is 0.497. The SMILES string of the molecule is Cn1c(N2C3CCC2CC(NC(=O)OC(C)(C)C)C3)nc2c(c(-c3ccc4nccnc4c3Cl)cn2COCC[Si](C)(C)C)c1=O. The summed E-state index contributed by atoms with van der Waals surface area (Å²) < 4.78 is 15.3. The molecule has 0 saturated carbocycles. The van der Waals surface area contributed by atoms with Crippen LogP contribution in [0.15, 0.2) is 35.5 Å². The minimum Gasteiger partial charge on any atom is -0.444 e. The number of rotatable bonds is 8. The third-order valence-electron chi connectivity index (χ3n) is 8.85. The van der Waals surface area contributed by atoms with Gasteiger partial charge in [0.1, 0.15) is 17.8 Å². The minimum absolute atomic E-state index is 0.00210. The van der Waals surface area contributed by atoms with Crippen molar-refractivity contribution in [1.82, 2.24) is 29.4 Å². The van der Waals surface area contributed by atoms with Gasteiger partial charge in [0.25, 0.3) is 5.56 Å². The van der Waals surface area contributed by atoms with E-state index in [0.29, 0.717) is 50.8 Å². The molecule has 2 unspecified atom stereocenters. The lowest BCUT2D eigenvalue weighted by Gasteiger charge is -2.40. The first-order chi connectivity index (χ1) is 21.7. The molecule has 5 heterocycles. The highest BCUT2D eigenvalue weighted by atomic mass is 35.5. The van der Waals surface area contributed by atoms with E-state index in [1.807, 2.05) is 43.7 Å². The highest BCUT2D eigenvalue weighted by molar-refractivity contribution is 6.76. The lowest BCUT2D eigenvalue weighted by Crippen LogP contribution is -2.52. The molecule has 2 fully saturated rings. The number of nitrogens with zero attached hydrogens (tertiary/aromatic N) is 6. The molecule has 2 aliphatic rings. The molecule has 4 aromatic rings. The molecule has 0 aliphatic carbocycles. The summed E-state index contributed by atoms with van der Waals surface area (Å²) in [4.78, 5) is 43.2. The standard InChI is InChI=1S/C33H44ClN7O4Si/c1-33(2,3)45-32(43)37-20-16-21-8-9-22(17-20)41(21)31-38-29-26(30(42)39(31)4)24(18-40(29)19-44-14-15-46(5,6)7)23-10-11-25-28(27(23)34)36-13-12-35-25/h10-13,18,20-22H,8-9,14-17,19H2,1-7H3,(H,37,43). The number of piperidine rings is 1. The zero-order chi connectivity index (χ0) is 33.0. The Morgan fingerprint density at radius 1 is 1.09 bits per heavy atom. The monoisotopic (exact) mass is 665 g/mol. The summed E-state index contributed by atoms with van der Waals surface area (Å²) in [5.74, 6) is 0.629. The minimum atomic E-state index is -1.29. The van der Waals surface area contributed by atoms with Gasteiger partial charge in [0.15, 0.2) is 5.65 Å². The summed E-state index contributed by atoms with van der Waals surface area (Å²) in [6.45, 7) is 13.5. The van der Waals surface area contributed by atoms with E-state index in [1.165, 1.54) is 0 Å². The van der Waals surface area contributed by atoms with Crippen molar-refractivity contribution in [3.05, 3.63) is 46.1 Å². The molecule has 2 atom stereocenters. The molecule has 2 saturated heterocycles. The summed E-state index contributed by atoms with van der Waals surface area (Å²) in [5.41, 5.74) is 2.49. The van der Waals surface area contributed by atoms with Gasteiger partial charge in [-0.25, -0.2) is 4.79 Å². The summed E-state index contributed by atoms with van der Waals surface area (Å²) >= 11 is 6.92. The van der Waals surface area contributed by atoms with Crippen molar-refractivity contribution in [2.45, 2.75) is 103 Å². The highest BCUT2D eigenvalue weighted by Crippen LogP contribution is 2.40. The van der Waals surface area contributed by atoms with E-state index < -0.39 is 19.8 Å². The van der Waals surface area contributed by atoms with Crippen molar-refractivity contribution < 1.29 is 14.3 Å². The van der Waals surface area contributed by atoms with Gasteiger partial charge in [-0.2, -0.15) is 4.98 Å². The fourth-order valence-corrected chi connectivity index (χ4v) is 7.75. The molecule has 46 heavy (non-hydrogen) atoms. The lowest BCUT2D eigenvalue weighted by molar-refractivity contribution is 0.0492. The molecule has 0 radical (unpaired) electrons. The number of alkyl carbamates (subject to hydrolysis) is 1. The maximum Gasteiger partial charge on any atom is 0.407 e. The van der Waals surface area contributed by atoms with Crippen LogP contribution in [-0.2, 0) is 23.3 Å². The molecular weight excluding hydrogens is 622 g/mol. The van der Waals surface area contributed by atoms with Crippen molar-refractivity contribution >= 4 is 53.8 Å². The number of carbonyl (C=O) groups excluding carboxylic acids is 1. The average Bonchev–Trinajstić information content (AvgIpc) is 3.45. The smallest absolute Gasteiger partial charge is 0.407 e. The summed E-state index contributed by atoms with van der Waals surface area (Å²) in [5, 5.41) is 4.00. The summed E-state index contributed by atoms with van der Waals surface area (Å²) in [6.07, 6.45) is 8.21.